The number of ketones is 1. The zero-order valence-corrected chi connectivity index (χ0v) is 9.43. The summed E-state index contributed by atoms with van der Waals surface area (Å²) in [5.74, 6) is -1.15. The second kappa shape index (κ2) is 5.61. The maximum absolute atomic E-state index is 11.8. The van der Waals surface area contributed by atoms with Crippen molar-refractivity contribution < 1.29 is 9.59 Å². The van der Waals surface area contributed by atoms with Crippen molar-refractivity contribution in [3.05, 3.63) is 41.5 Å². The highest BCUT2D eigenvalue weighted by Gasteiger charge is 2.19. The van der Waals surface area contributed by atoms with E-state index in [1.165, 1.54) is 0 Å². The fourth-order valence-electron chi connectivity index (χ4n) is 1.46. The van der Waals surface area contributed by atoms with Gasteiger partial charge in [0.05, 0.1) is 0 Å². The van der Waals surface area contributed by atoms with Gasteiger partial charge in [0, 0.05) is 12.0 Å². The van der Waals surface area contributed by atoms with Crippen LogP contribution < -0.4 is 5.73 Å². The first kappa shape index (κ1) is 12.7. The molecule has 0 fully saturated rings. The molecule has 1 aromatic rings. The van der Waals surface area contributed by atoms with Gasteiger partial charge in [-0.15, -0.1) is 0 Å². The molecule has 86 valence electrons. The quantitative estimate of drug-likeness (QED) is 0.625. The Morgan fingerprint density at radius 2 is 1.88 bits per heavy atom. The Labute approximate surface area is 99.4 Å². The SMILES string of the molecule is CCC(=O)/C(=C(/C#N)C(N)=O)c1ccccc1. The van der Waals surface area contributed by atoms with E-state index >= 15 is 0 Å². The Hall–Kier alpha value is -2.41. The second-order valence-corrected chi connectivity index (χ2v) is 3.37. The molecule has 0 radical (unpaired) electrons. The summed E-state index contributed by atoms with van der Waals surface area (Å²) >= 11 is 0. The van der Waals surface area contributed by atoms with E-state index in [9.17, 15) is 9.59 Å². The summed E-state index contributed by atoms with van der Waals surface area (Å²) in [5, 5.41) is 8.91. The molecule has 0 heterocycles. The monoisotopic (exact) mass is 228 g/mol. The predicted molar refractivity (Wildman–Crippen MR) is 63.5 cm³/mol. The fourth-order valence-corrected chi connectivity index (χ4v) is 1.46. The molecule has 0 atom stereocenters. The van der Waals surface area contributed by atoms with E-state index in [4.69, 9.17) is 11.0 Å². The molecule has 0 saturated heterocycles. The van der Waals surface area contributed by atoms with Crippen LogP contribution in [0, 0.1) is 11.3 Å². The van der Waals surface area contributed by atoms with Gasteiger partial charge in [0.1, 0.15) is 11.6 Å². The molecule has 0 saturated carbocycles. The summed E-state index contributed by atoms with van der Waals surface area (Å²) in [5.41, 5.74) is 5.45. The van der Waals surface area contributed by atoms with Gasteiger partial charge in [-0.25, -0.2) is 0 Å². The van der Waals surface area contributed by atoms with Gasteiger partial charge in [0.15, 0.2) is 5.78 Å². The van der Waals surface area contributed by atoms with Crippen molar-refractivity contribution in [1.82, 2.24) is 0 Å². The van der Waals surface area contributed by atoms with Crippen LogP contribution in [0.2, 0.25) is 0 Å². The lowest BCUT2D eigenvalue weighted by atomic mass is 9.95. The first-order valence-electron chi connectivity index (χ1n) is 5.14. The van der Waals surface area contributed by atoms with E-state index in [1.807, 2.05) is 0 Å². The zero-order chi connectivity index (χ0) is 12.8. The zero-order valence-electron chi connectivity index (χ0n) is 9.43. The summed E-state index contributed by atoms with van der Waals surface area (Å²) in [7, 11) is 0. The number of primary amides is 1. The van der Waals surface area contributed by atoms with Crippen molar-refractivity contribution in [3.63, 3.8) is 0 Å². The summed E-state index contributed by atoms with van der Waals surface area (Å²) in [6, 6.07) is 10.3. The van der Waals surface area contributed by atoms with Crippen molar-refractivity contribution in [2.75, 3.05) is 0 Å². The minimum Gasteiger partial charge on any atom is -0.365 e. The largest absolute Gasteiger partial charge is 0.365 e. The molecule has 0 spiro atoms. The highest BCUT2D eigenvalue weighted by molar-refractivity contribution is 6.27. The number of benzene rings is 1. The van der Waals surface area contributed by atoms with Gasteiger partial charge in [-0.1, -0.05) is 37.3 Å². The number of carbonyl (C=O) groups is 2. The van der Waals surface area contributed by atoms with Crippen LogP contribution in [-0.4, -0.2) is 11.7 Å². The van der Waals surface area contributed by atoms with Crippen LogP contribution in [0.15, 0.2) is 35.9 Å². The minimum atomic E-state index is -0.881. The van der Waals surface area contributed by atoms with Crippen LogP contribution in [0.4, 0.5) is 0 Å². The first-order chi connectivity index (χ1) is 8.11. The van der Waals surface area contributed by atoms with Crippen molar-refractivity contribution in [3.8, 4) is 6.07 Å². The summed E-state index contributed by atoms with van der Waals surface area (Å²) in [6.07, 6.45) is 0.211. The molecule has 1 aromatic carbocycles. The molecule has 1 amide bonds. The van der Waals surface area contributed by atoms with Crippen LogP contribution in [0.5, 0.6) is 0 Å². The van der Waals surface area contributed by atoms with E-state index in [1.54, 1.807) is 43.3 Å². The fraction of sp³-hybridized carbons (Fsp3) is 0.154. The lowest BCUT2D eigenvalue weighted by molar-refractivity contribution is -0.115. The summed E-state index contributed by atoms with van der Waals surface area (Å²) < 4.78 is 0. The van der Waals surface area contributed by atoms with Gasteiger partial charge in [0.25, 0.3) is 5.91 Å². The second-order valence-electron chi connectivity index (χ2n) is 3.37. The van der Waals surface area contributed by atoms with E-state index in [-0.39, 0.29) is 23.4 Å². The molecule has 0 unspecified atom stereocenters. The number of nitrogens with two attached hydrogens (primary N) is 1. The normalized spacial score (nSPS) is 11.3. The van der Waals surface area contributed by atoms with Crippen LogP contribution in [-0.2, 0) is 9.59 Å². The lowest BCUT2D eigenvalue weighted by Gasteiger charge is -2.06. The highest BCUT2D eigenvalue weighted by Crippen LogP contribution is 2.20. The van der Waals surface area contributed by atoms with E-state index < -0.39 is 5.91 Å². The highest BCUT2D eigenvalue weighted by atomic mass is 16.1. The third-order valence-electron chi connectivity index (χ3n) is 2.27. The summed E-state index contributed by atoms with van der Waals surface area (Å²) in [6.45, 7) is 1.67. The Morgan fingerprint density at radius 1 is 1.29 bits per heavy atom. The number of nitriles is 1. The molecule has 0 aliphatic rings. The smallest absolute Gasteiger partial charge is 0.260 e. The number of amides is 1. The average Bonchev–Trinajstić information content (AvgIpc) is 2.35. The van der Waals surface area contributed by atoms with Crippen LogP contribution in [0.1, 0.15) is 18.9 Å². The maximum Gasteiger partial charge on any atom is 0.260 e. The number of hydrogen-bond acceptors (Lipinski definition) is 3. The van der Waals surface area contributed by atoms with Crippen LogP contribution in [0.25, 0.3) is 5.57 Å². The number of allylic oxidation sites excluding steroid dienone is 1. The Balaban J connectivity index is 3.48. The Morgan fingerprint density at radius 3 is 2.29 bits per heavy atom. The molecular weight excluding hydrogens is 216 g/mol. The first-order valence-corrected chi connectivity index (χ1v) is 5.14. The molecule has 0 aliphatic heterocycles. The predicted octanol–water partition coefficient (Wildman–Crippen LogP) is 1.43. The van der Waals surface area contributed by atoms with E-state index in [0.29, 0.717) is 5.56 Å². The van der Waals surface area contributed by atoms with Gasteiger partial charge in [-0.2, -0.15) is 5.26 Å². The van der Waals surface area contributed by atoms with E-state index in [0.717, 1.165) is 0 Å². The maximum atomic E-state index is 11.8. The van der Waals surface area contributed by atoms with E-state index in [2.05, 4.69) is 0 Å². The van der Waals surface area contributed by atoms with Crippen LogP contribution in [0.3, 0.4) is 0 Å². The summed E-state index contributed by atoms with van der Waals surface area (Å²) in [4.78, 5) is 23.0. The molecule has 0 aromatic heterocycles. The Bertz CT molecular complexity index is 510. The van der Waals surface area contributed by atoms with Crippen molar-refractivity contribution in [2.45, 2.75) is 13.3 Å². The van der Waals surface area contributed by atoms with Gasteiger partial charge in [-0.05, 0) is 5.56 Å². The number of nitrogens with zero attached hydrogens (tertiary/aromatic N) is 1. The van der Waals surface area contributed by atoms with Crippen molar-refractivity contribution in [1.29, 1.82) is 5.26 Å². The van der Waals surface area contributed by atoms with Crippen molar-refractivity contribution >= 4 is 17.3 Å². The minimum absolute atomic E-state index is 0.100. The van der Waals surface area contributed by atoms with Gasteiger partial charge in [-0.3, -0.25) is 9.59 Å². The molecule has 17 heavy (non-hydrogen) atoms. The number of hydrogen-bond donors (Lipinski definition) is 1. The van der Waals surface area contributed by atoms with Gasteiger partial charge in [0.2, 0.25) is 0 Å². The third-order valence-corrected chi connectivity index (χ3v) is 2.27. The molecule has 1 rings (SSSR count). The molecule has 2 N–H and O–H groups in total. The standard InChI is InChI=1S/C13H12N2O2/c1-2-11(16)12(10(8-14)13(15)17)9-6-4-3-5-7-9/h3-7H,2H2,1H3,(H2,15,17)/b12-10-. The molecule has 0 bridgehead atoms. The molecule has 4 nitrogen and oxygen atoms in total. The number of carbonyl (C=O) groups excluding carboxylic acids is 2. The Kier molecular flexibility index (Phi) is 4.18. The van der Waals surface area contributed by atoms with Crippen molar-refractivity contribution in [2.24, 2.45) is 5.73 Å². The number of Topliss-reactive ketones (excluding diaryl/α,β-unsaturated/α-hetero) is 1. The number of rotatable bonds is 4. The topological polar surface area (TPSA) is 83.9 Å². The van der Waals surface area contributed by atoms with Gasteiger partial charge < -0.3 is 5.73 Å². The van der Waals surface area contributed by atoms with Crippen LogP contribution >= 0.6 is 0 Å². The average molecular weight is 228 g/mol. The molecule has 4 heteroatoms. The van der Waals surface area contributed by atoms with Gasteiger partial charge >= 0.3 is 0 Å². The molecular formula is C13H12N2O2. The lowest BCUT2D eigenvalue weighted by Crippen LogP contribution is -2.17. The third kappa shape index (κ3) is 2.79. The molecule has 0 aliphatic carbocycles.